The van der Waals surface area contributed by atoms with E-state index in [0.717, 1.165) is 56.3 Å². The lowest BCUT2D eigenvalue weighted by molar-refractivity contribution is -0.125. The highest BCUT2D eigenvalue weighted by atomic mass is 16.5. The molecule has 1 aliphatic heterocycles. The van der Waals surface area contributed by atoms with E-state index in [1.165, 1.54) is 0 Å². The highest BCUT2D eigenvalue weighted by molar-refractivity contribution is 5.94. The van der Waals surface area contributed by atoms with E-state index in [9.17, 15) is 4.79 Å². The number of benzene rings is 1. The summed E-state index contributed by atoms with van der Waals surface area (Å²) < 4.78 is 10.6. The number of rotatable bonds is 6. The van der Waals surface area contributed by atoms with Crippen LogP contribution in [0.25, 0.3) is 5.57 Å². The molecule has 1 aliphatic rings. The normalized spacial score (nSPS) is 16.2. The minimum atomic E-state index is 0.0265. The quantitative estimate of drug-likeness (QED) is 0.751. The Hall–Kier alpha value is -1.85. The second-order valence-electron chi connectivity index (χ2n) is 5.77. The molecule has 1 aromatic rings. The van der Waals surface area contributed by atoms with Crippen LogP contribution in [0.1, 0.15) is 12.5 Å². The topological polar surface area (TPSA) is 42.0 Å². The summed E-state index contributed by atoms with van der Waals surface area (Å²) in [5.74, 6) is 0.821. The second kappa shape index (κ2) is 8.70. The molecular formula is C18H26N2O3. The first-order valence-electron chi connectivity index (χ1n) is 7.98. The van der Waals surface area contributed by atoms with E-state index in [1.807, 2.05) is 38.2 Å². The van der Waals surface area contributed by atoms with Crippen LogP contribution in [0.15, 0.2) is 30.3 Å². The Bertz CT molecular complexity index is 551. The molecule has 0 N–H and O–H groups in total. The van der Waals surface area contributed by atoms with Crippen molar-refractivity contribution in [3.05, 3.63) is 35.9 Å². The van der Waals surface area contributed by atoms with Crippen molar-refractivity contribution in [2.45, 2.75) is 6.92 Å². The molecule has 0 saturated carbocycles. The van der Waals surface area contributed by atoms with Crippen LogP contribution in [0.3, 0.4) is 0 Å². The average Bonchev–Trinajstić information content (AvgIpc) is 2.60. The summed E-state index contributed by atoms with van der Waals surface area (Å²) in [5.41, 5.74) is 1.94. The van der Waals surface area contributed by atoms with E-state index >= 15 is 0 Å². The zero-order chi connectivity index (χ0) is 16.7. The van der Waals surface area contributed by atoms with Gasteiger partial charge in [-0.1, -0.05) is 12.1 Å². The number of morpholine rings is 1. The molecule has 0 radical (unpaired) electrons. The van der Waals surface area contributed by atoms with E-state index in [1.54, 1.807) is 18.1 Å². The molecule has 5 heteroatoms. The minimum absolute atomic E-state index is 0.0265. The van der Waals surface area contributed by atoms with Gasteiger partial charge in [0.15, 0.2) is 0 Å². The van der Waals surface area contributed by atoms with Crippen molar-refractivity contribution in [3.63, 3.8) is 0 Å². The summed E-state index contributed by atoms with van der Waals surface area (Å²) in [6.07, 6.45) is 1.69. The lowest BCUT2D eigenvalue weighted by atomic mass is 10.1. The Morgan fingerprint density at radius 2 is 2.13 bits per heavy atom. The summed E-state index contributed by atoms with van der Waals surface area (Å²) in [7, 11) is 3.49. The van der Waals surface area contributed by atoms with Gasteiger partial charge in [0.1, 0.15) is 5.75 Å². The van der Waals surface area contributed by atoms with Crippen molar-refractivity contribution in [1.29, 1.82) is 0 Å². The first-order chi connectivity index (χ1) is 11.1. The van der Waals surface area contributed by atoms with Gasteiger partial charge in [0.05, 0.1) is 20.3 Å². The number of hydrogen-bond acceptors (Lipinski definition) is 4. The Morgan fingerprint density at radius 3 is 2.83 bits per heavy atom. The van der Waals surface area contributed by atoms with Crippen molar-refractivity contribution in [1.82, 2.24) is 9.80 Å². The summed E-state index contributed by atoms with van der Waals surface area (Å²) in [4.78, 5) is 16.4. The van der Waals surface area contributed by atoms with Gasteiger partial charge in [-0.2, -0.15) is 0 Å². The highest BCUT2D eigenvalue weighted by Gasteiger charge is 2.13. The number of hydrogen-bond donors (Lipinski definition) is 0. The molecule has 1 saturated heterocycles. The van der Waals surface area contributed by atoms with E-state index in [-0.39, 0.29) is 5.91 Å². The van der Waals surface area contributed by atoms with Crippen LogP contribution in [0.4, 0.5) is 0 Å². The average molecular weight is 318 g/mol. The molecular weight excluding hydrogens is 292 g/mol. The standard InChI is InChI=1S/C18H26N2O3/c1-15(16-5-4-6-17(14-16)22-3)13-18(21)19(2)7-8-20-9-11-23-12-10-20/h4-6,13-14H,7-12H2,1-3H3/b15-13+. The first kappa shape index (κ1) is 17.5. The third kappa shape index (κ3) is 5.37. The van der Waals surface area contributed by atoms with Crippen LogP contribution in [0, 0.1) is 0 Å². The number of nitrogens with zero attached hydrogens (tertiary/aromatic N) is 2. The second-order valence-corrected chi connectivity index (χ2v) is 5.77. The number of allylic oxidation sites excluding steroid dienone is 1. The fourth-order valence-electron chi connectivity index (χ4n) is 2.47. The molecule has 1 amide bonds. The van der Waals surface area contributed by atoms with Crippen molar-refractivity contribution < 1.29 is 14.3 Å². The van der Waals surface area contributed by atoms with Crippen molar-refractivity contribution in [2.75, 3.05) is 53.6 Å². The molecule has 126 valence electrons. The smallest absolute Gasteiger partial charge is 0.246 e. The lowest BCUT2D eigenvalue weighted by Gasteiger charge is -2.28. The number of likely N-dealkylation sites (N-methyl/N-ethyl adjacent to an activating group) is 1. The van der Waals surface area contributed by atoms with E-state index in [4.69, 9.17) is 9.47 Å². The van der Waals surface area contributed by atoms with Gasteiger partial charge >= 0.3 is 0 Å². The molecule has 23 heavy (non-hydrogen) atoms. The first-order valence-corrected chi connectivity index (χ1v) is 7.98. The van der Waals surface area contributed by atoms with Crippen LogP contribution in [-0.4, -0.2) is 69.3 Å². The maximum atomic E-state index is 12.3. The van der Waals surface area contributed by atoms with Crippen molar-refractivity contribution in [3.8, 4) is 5.75 Å². The molecule has 1 aromatic carbocycles. The van der Waals surface area contributed by atoms with Crippen LogP contribution in [0.5, 0.6) is 5.75 Å². The van der Waals surface area contributed by atoms with Gasteiger partial charge in [-0.3, -0.25) is 9.69 Å². The molecule has 2 rings (SSSR count). The largest absolute Gasteiger partial charge is 0.497 e. The molecule has 5 nitrogen and oxygen atoms in total. The predicted octanol–water partition coefficient (Wildman–Crippen LogP) is 1.89. The summed E-state index contributed by atoms with van der Waals surface area (Å²) in [6.45, 7) is 7.02. The van der Waals surface area contributed by atoms with Gasteiger partial charge in [-0.25, -0.2) is 0 Å². The molecule has 1 heterocycles. The molecule has 0 atom stereocenters. The maximum Gasteiger partial charge on any atom is 0.246 e. The Balaban J connectivity index is 1.90. The monoisotopic (exact) mass is 318 g/mol. The van der Waals surface area contributed by atoms with Crippen LogP contribution >= 0.6 is 0 Å². The molecule has 0 bridgehead atoms. The molecule has 1 fully saturated rings. The van der Waals surface area contributed by atoms with Crippen molar-refractivity contribution >= 4 is 11.5 Å². The summed E-state index contributed by atoms with van der Waals surface area (Å²) in [6, 6.07) is 7.74. The predicted molar refractivity (Wildman–Crippen MR) is 91.5 cm³/mol. The third-order valence-electron chi connectivity index (χ3n) is 4.10. The third-order valence-corrected chi connectivity index (χ3v) is 4.10. The van der Waals surface area contributed by atoms with Gasteiger partial charge < -0.3 is 14.4 Å². The Morgan fingerprint density at radius 1 is 1.39 bits per heavy atom. The molecule has 0 unspecified atom stereocenters. The van der Waals surface area contributed by atoms with E-state index in [2.05, 4.69) is 4.90 Å². The number of methoxy groups -OCH3 is 1. The molecule has 0 spiro atoms. The summed E-state index contributed by atoms with van der Waals surface area (Å²) >= 11 is 0. The van der Waals surface area contributed by atoms with Gasteiger partial charge in [-0.15, -0.1) is 0 Å². The number of carbonyl (C=O) groups is 1. The fraction of sp³-hybridized carbons (Fsp3) is 0.500. The number of ether oxygens (including phenoxy) is 2. The van der Waals surface area contributed by atoms with Crippen LogP contribution in [-0.2, 0) is 9.53 Å². The van der Waals surface area contributed by atoms with Crippen LogP contribution in [0.2, 0.25) is 0 Å². The minimum Gasteiger partial charge on any atom is -0.497 e. The van der Waals surface area contributed by atoms with E-state index < -0.39 is 0 Å². The number of amides is 1. The fourth-order valence-corrected chi connectivity index (χ4v) is 2.47. The Labute approximate surface area is 138 Å². The SMILES string of the molecule is COc1cccc(/C(C)=C/C(=O)N(C)CCN2CCOCC2)c1. The van der Waals surface area contributed by atoms with Gasteiger partial charge in [0, 0.05) is 39.3 Å². The Kier molecular flexibility index (Phi) is 6.62. The zero-order valence-electron chi connectivity index (χ0n) is 14.2. The zero-order valence-corrected chi connectivity index (χ0v) is 14.2. The maximum absolute atomic E-state index is 12.3. The molecule has 0 aliphatic carbocycles. The highest BCUT2D eigenvalue weighted by Crippen LogP contribution is 2.19. The van der Waals surface area contributed by atoms with Gasteiger partial charge in [0.2, 0.25) is 5.91 Å². The lowest BCUT2D eigenvalue weighted by Crippen LogP contribution is -2.41. The van der Waals surface area contributed by atoms with E-state index in [0.29, 0.717) is 0 Å². The summed E-state index contributed by atoms with van der Waals surface area (Å²) in [5, 5.41) is 0. The van der Waals surface area contributed by atoms with Gasteiger partial charge in [-0.05, 0) is 30.2 Å². The van der Waals surface area contributed by atoms with Crippen molar-refractivity contribution in [2.24, 2.45) is 0 Å². The molecule has 0 aromatic heterocycles. The number of carbonyl (C=O) groups excluding carboxylic acids is 1. The van der Waals surface area contributed by atoms with Gasteiger partial charge in [0.25, 0.3) is 0 Å². The van der Waals surface area contributed by atoms with Crippen LogP contribution < -0.4 is 4.74 Å².